The molecule has 0 saturated heterocycles. The van der Waals surface area contributed by atoms with Crippen LogP contribution in [0.5, 0.6) is 0 Å². The molecule has 0 radical (unpaired) electrons. The largest absolute Gasteiger partial charge is 0.308 e. The Balaban J connectivity index is 2.43. The number of nitrogens with one attached hydrogen (secondary N) is 1. The zero-order chi connectivity index (χ0) is 12.9. The number of rotatable bonds is 6. The van der Waals surface area contributed by atoms with E-state index in [1.165, 1.54) is 0 Å². The summed E-state index contributed by atoms with van der Waals surface area (Å²) < 4.78 is 23.2. The van der Waals surface area contributed by atoms with Gasteiger partial charge < -0.3 is 5.32 Å². The summed E-state index contributed by atoms with van der Waals surface area (Å²) in [5, 5.41) is 2.86. The Morgan fingerprint density at radius 3 is 2.53 bits per heavy atom. The Kier molecular flexibility index (Phi) is 5.08. The summed E-state index contributed by atoms with van der Waals surface area (Å²) >= 11 is 0. The van der Waals surface area contributed by atoms with Crippen LogP contribution in [-0.2, 0) is 9.84 Å². The Hall–Kier alpha value is -0.940. The Morgan fingerprint density at radius 1 is 1.29 bits per heavy atom. The number of pyridine rings is 1. The van der Waals surface area contributed by atoms with E-state index in [1.807, 2.05) is 25.1 Å². The minimum atomic E-state index is -2.96. The molecule has 1 rings (SSSR count). The summed E-state index contributed by atoms with van der Waals surface area (Å²) in [6.45, 7) is 5.84. The van der Waals surface area contributed by atoms with Gasteiger partial charge in [0.2, 0.25) is 0 Å². The third-order valence-corrected chi connectivity index (χ3v) is 4.90. The van der Waals surface area contributed by atoms with Crippen LogP contribution in [0.25, 0.3) is 0 Å². The molecule has 0 aliphatic heterocycles. The van der Waals surface area contributed by atoms with Crippen molar-refractivity contribution in [3.05, 3.63) is 30.1 Å². The first-order chi connectivity index (χ1) is 7.93. The quantitative estimate of drug-likeness (QED) is 0.839. The maximum Gasteiger partial charge on any atom is 0.153 e. The first-order valence-electron chi connectivity index (χ1n) is 5.79. The second-order valence-electron chi connectivity index (χ2n) is 4.35. The van der Waals surface area contributed by atoms with Gasteiger partial charge in [0.15, 0.2) is 9.84 Å². The molecule has 0 bridgehead atoms. The van der Waals surface area contributed by atoms with Gasteiger partial charge in [0, 0.05) is 18.8 Å². The Labute approximate surface area is 103 Å². The van der Waals surface area contributed by atoms with Crippen LogP contribution in [0.2, 0.25) is 0 Å². The normalized spacial score (nSPS) is 13.9. The van der Waals surface area contributed by atoms with Gasteiger partial charge in [-0.15, -0.1) is 0 Å². The zero-order valence-electron chi connectivity index (χ0n) is 10.6. The zero-order valence-corrected chi connectivity index (χ0v) is 11.4. The van der Waals surface area contributed by atoms with Crippen LogP contribution in [0.3, 0.4) is 0 Å². The molecule has 0 aromatic carbocycles. The number of sulfone groups is 1. The summed E-state index contributed by atoms with van der Waals surface area (Å²) in [7, 11) is -2.96. The highest BCUT2D eigenvalue weighted by Gasteiger charge is 2.16. The molecule has 17 heavy (non-hydrogen) atoms. The standard InChI is InChI=1S/C12H20N2O2S/c1-10(2)17(15,16)9-8-13-11(3)12-6-4-5-7-14-12/h4-7,10-11,13H,8-9H2,1-3H3/t11-/m1/s1. The van der Waals surface area contributed by atoms with Gasteiger partial charge in [-0.3, -0.25) is 4.98 Å². The molecule has 0 fully saturated rings. The molecule has 0 aliphatic rings. The van der Waals surface area contributed by atoms with E-state index in [0.717, 1.165) is 5.69 Å². The van der Waals surface area contributed by atoms with Crippen molar-refractivity contribution in [3.8, 4) is 0 Å². The molecule has 0 aliphatic carbocycles. The van der Waals surface area contributed by atoms with Crippen molar-refractivity contribution in [3.63, 3.8) is 0 Å². The Bertz CT molecular complexity index is 429. The second kappa shape index (κ2) is 6.12. The fourth-order valence-electron chi connectivity index (χ4n) is 1.39. The molecule has 0 saturated carbocycles. The third kappa shape index (κ3) is 4.44. The van der Waals surface area contributed by atoms with Crippen molar-refractivity contribution in [2.75, 3.05) is 12.3 Å². The highest BCUT2D eigenvalue weighted by molar-refractivity contribution is 7.92. The lowest BCUT2D eigenvalue weighted by Crippen LogP contribution is -2.29. The predicted molar refractivity (Wildman–Crippen MR) is 69.6 cm³/mol. The molecule has 5 heteroatoms. The predicted octanol–water partition coefficient (Wildman–Crippen LogP) is 1.56. The molecule has 0 amide bonds. The van der Waals surface area contributed by atoms with E-state index in [9.17, 15) is 8.42 Å². The highest BCUT2D eigenvalue weighted by atomic mass is 32.2. The number of nitrogens with zero attached hydrogens (tertiary/aromatic N) is 1. The van der Waals surface area contributed by atoms with E-state index in [-0.39, 0.29) is 17.0 Å². The van der Waals surface area contributed by atoms with Crippen molar-refractivity contribution in [1.82, 2.24) is 10.3 Å². The van der Waals surface area contributed by atoms with Crippen LogP contribution in [0.4, 0.5) is 0 Å². The van der Waals surface area contributed by atoms with E-state index >= 15 is 0 Å². The molecule has 1 N–H and O–H groups in total. The van der Waals surface area contributed by atoms with Gasteiger partial charge in [-0.1, -0.05) is 6.07 Å². The van der Waals surface area contributed by atoms with Gasteiger partial charge in [-0.05, 0) is 32.9 Å². The average Bonchev–Trinajstić information content (AvgIpc) is 2.29. The first kappa shape index (κ1) is 14.1. The molecule has 0 unspecified atom stereocenters. The fourth-order valence-corrected chi connectivity index (χ4v) is 2.26. The topological polar surface area (TPSA) is 59.1 Å². The minimum Gasteiger partial charge on any atom is -0.308 e. The molecule has 96 valence electrons. The molecule has 1 atom stereocenters. The highest BCUT2D eigenvalue weighted by Crippen LogP contribution is 2.07. The third-order valence-electron chi connectivity index (χ3n) is 2.69. The van der Waals surface area contributed by atoms with Gasteiger partial charge in [0.05, 0.1) is 16.7 Å². The summed E-state index contributed by atoms with van der Waals surface area (Å²) in [4.78, 5) is 4.22. The summed E-state index contributed by atoms with van der Waals surface area (Å²) in [5.74, 6) is 0.168. The van der Waals surface area contributed by atoms with Gasteiger partial charge in [0.1, 0.15) is 0 Å². The van der Waals surface area contributed by atoms with Crippen LogP contribution in [0.1, 0.15) is 32.5 Å². The van der Waals surface area contributed by atoms with Crippen LogP contribution < -0.4 is 5.32 Å². The lowest BCUT2D eigenvalue weighted by Gasteiger charge is -2.14. The van der Waals surface area contributed by atoms with Crippen LogP contribution in [-0.4, -0.2) is 30.9 Å². The average molecular weight is 256 g/mol. The van der Waals surface area contributed by atoms with Crippen molar-refractivity contribution in [2.45, 2.75) is 32.1 Å². The maximum absolute atomic E-state index is 11.6. The molecule has 1 aromatic rings. The maximum atomic E-state index is 11.6. The van der Waals surface area contributed by atoms with Crippen molar-refractivity contribution >= 4 is 9.84 Å². The summed E-state index contributed by atoms with van der Waals surface area (Å²) in [5.41, 5.74) is 0.925. The smallest absolute Gasteiger partial charge is 0.153 e. The molecule has 4 nitrogen and oxygen atoms in total. The van der Waals surface area contributed by atoms with Gasteiger partial charge >= 0.3 is 0 Å². The fraction of sp³-hybridized carbons (Fsp3) is 0.583. The number of hydrogen-bond acceptors (Lipinski definition) is 4. The van der Waals surface area contributed by atoms with E-state index in [2.05, 4.69) is 10.3 Å². The van der Waals surface area contributed by atoms with Crippen LogP contribution >= 0.6 is 0 Å². The van der Waals surface area contributed by atoms with Crippen molar-refractivity contribution in [2.24, 2.45) is 0 Å². The second-order valence-corrected chi connectivity index (χ2v) is 7.02. The lowest BCUT2D eigenvalue weighted by atomic mass is 10.2. The lowest BCUT2D eigenvalue weighted by molar-refractivity contribution is 0.560. The molecular formula is C12H20N2O2S. The Morgan fingerprint density at radius 2 is 2.00 bits per heavy atom. The molecule has 1 heterocycles. The summed E-state index contributed by atoms with van der Waals surface area (Å²) in [6.07, 6.45) is 1.73. The van der Waals surface area contributed by atoms with E-state index in [1.54, 1.807) is 20.0 Å². The van der Waals surface area contributed by atoms with Crippen molar-refractivity contribution < 1.29 is 8.42 Å². The molecule has 1 aromatic heterocycles. The van der Waals surface area contributed by atoms with Gasteiger partial charge in [-0.25, -0.2) is 8.42 Å². The molecular weight excluding hydrogens is 236 g/mol. The SMILES string of the molecule is CC(C)S(=O)(=O)CCN[C@H](C)c1ccccn1. The number of aromatic nitrogens is 1. The molecule has 0 spiro atoms. The van der Waals surface area contributed by atoms with Crippen LogP contribution in [0.15, 0.2) is 24.4 Å². The van der Waals surface area contributed by atoms with E-state index in [0.29, 0.717) is 6.54 Å². The minimum absolute atomic E-state index is 0.0681. The first-order valence-corrected chi connectivity index (χ1v) is 7.51. The van der Waals surface area contributed by atoms with Crippen LogP contribution in [0, 0.1) is 0 Å². The van der Waals surface area contributed by atoms with Gasteiger partial charge in [-0.2, -0.15) is 0 Å². The van der Waals surface area contributed by atoms with E-state index < -0.39 is 9.84 Å². The monoisotopic (exact) mass is 256 g/mol. The van der Waals surface area contributed by atoms with Gasteiger partial charge in [0.25, 0.3) is 0 Å². The van der Waals surface area contributed by atoms with Crippen molar-refractivity contribution in [1.29, 1.82) is 0 Å². The van der Waals surface area contributed by atoms with E-state index in [4.69, 9.17) is 0 Å². The number of hydrogen-bond donors (Lipinski definition) is 1. The summed E-state index contributed by atoms with van der Waals surface area (Å²) in [6, 6.07) is 5.78.